The molecule has 1 aromatic heterocycles. The topological polar surface area (TPSA) is 76.1 Å². The molecule has 1 heterocycles. The number of aromatic nitrogens is 2. The Morgan fingerprint density at radius 1 is 1.15 bits per heavy atom. The van der Waals surface area contributed by atoms with Crippen LogP contribution in [0.3, 0.4) is 0 Å². The third-order valence-electron chi connectivity index (χ3n) is 3.94. The number of rotatable bonds is 6. The first-order chi connectivity index (χ1) is 13.1. The van der Waals surface area contributed by atoms with Gasteiger partial charge in [0.05, 0.1) is 18.4 Å². The first-order valence-corrected chi connectivity index (χ1v) is 8.70. The summed E-state index contributed by atoms with van der Waals surface area (Å²) in [5, 5.41) is 6.49. The SMILES string of the molecule is COc1cc(Cl)c(C)cc1NC(=O)c1cnc(NCc2ccccc2)nc1. The average molecular weight is 383 g/mol. The van der Waals surface area contributed by atoms with Gasteiger partial charge in [-0.25, -0.2) is 9.97 Å². The van der Waals surface area contributed by atoms with Crippen molar-refractivity contribution in [3.05, 3.63) is 76.6 Å². The Balaban J connectivity index is 1.66. The van der Waals surface area contributed by atoms with Crippen molar-refractivity contribution in [3.8, 4) is 5.75 Å². The van der Waals surface area contributed by atoms with Gasteiger partial charge in [0.1, 0.15) is 5.75 Å². The molecule has 3 aromatic rings. The van der Waals surface area contributed by atoms with Crippen LogP contribution in [0.4, 0.5) is 11.6 Å². The van der Waals surface area contributed by atoms with Crippen LogP contribution in [0.1, 0.15) is 21.5 Å². The Morgan fingerprint density at radius 2 is 1.85 bits per heavy atom. The fraction of sp³-hybridized carbons (Fsp3) is 0.150. The molecule has 0 aliphatic rings. The Bertz CT molecular complexity index is 931. The zero-order valence-corrected chi connectivity index (χ0v) is 15.7. The first-order valence-electron chi connectivity index (χ1n) is 8.32. The number of anilines is 2. The second-order valence-corrected chi connectivity index (χ2v) is 6.30. The molecule has 6 nitrogen and oxygen atoms in total. The molecule has 0 fully saturated rings. The summed E-state index contributed by atoms with van der Waals surface area (Å²) in [7, 11) is 1.52. The van der Waals surface area contributed by atoms with E-state index in [-0.39, 0.29) is 5.91 Å². The summed E-state index contributed by atoms with van der Waals surface area (Å²) in [5.74, 6) is 0.612. The summed E-state index contributed by atoms with van der Waals surface area (Å²) in [5.41, 5.74) is 2.84. The van der Waals surface area contributed by atoms with Crippen molar-refractivity contribution in [2.75, 3.05) is 17.7 Å². The third-order valence-corrected chi connectivity index (χ3v) is 4.34. The molecule has 0 unspecified atom stereocenters. The Kier molecular flexibility index (Phi) is 5.88. The van der Waals surface area contributed by atoms with E-state index < -0.39 is 0 Å². The normalized spacial score (nSPS) is 10.3. The molecule has 0 radical (unpaired) electrons. The number of amides is 1. The molecule has 7 heteroatoms. The predicted octanol–water partition coefficient (Wildman–Crippen LogP) is 4.31. The van der Waals surface area contributed by atoms with Gasteiger partial charge in [0.25, 0.3) is 5.91 Å². The summed E-state index contributed by atoms with van der Waals surface area (Å²) in [6.07, 6.45) is 2.95. The molecular formula is C20H19ClN4O2. The van der Waals surface area contributed by atoms with Crippen LogP contribution in [0, 0.1) is 6.92 Å². The van der Waals surface area contributed by atoms with Gasteiger partial charge in [-0.05, 0) is 24.1 Å². The molecule has 0 atom stereocenters. The molecule has 138 valence electrons. The number of nitrogens with zero attached hydrogens (tertiary/aromatic N) is 2. The van der Waals surface area contributed by atoms with Gasteiger partial charge < -0.3 is 15.4 Å². The van der Waals surface area contributed by atoms with Gasteiger partial charge >= 0.3 is 0 Å². The molecule has 0 aliphatic heterocycles. The molecule has 1 amide bonds. The fourth-order valence-corrected chi connectivity index (χ4v) is 2.59. The van der Waals surface area contributed by atoms with Crippen LogP contribution in [0.2, 0.25) is 5.02 Å². The van der Waals surface area contributed by atoms with Crippen LogP contribution in [-0.2, 0) is 6.54 Å². The Morgan fingerprint density at radius 3 is 2.52 bits per heavy atom. The van der Waals surface area contributed by atoms with Gasteiger partial charge in [0.15, 0.2) is 0 Å². The number of aryl methyl sites for hydroxylation is 1. The number of hydrogen-bond acceptors (Lipinski definition) is 5. The van der Waals surface area contributed by atoms with E-state index in [0.29, 0.717) is 34.5 Å². The third kappa shape index (κ3) is 4.74. The molecule has 0 bridgehead atoms. The number of benzene rings is 2. The van der Waals surface area contributed by atoms with Crippen molar-refractivity contribution in [1.82, 2.24) is 9.97 Å². The van der Waals surface area contributed by atoms with Crippen LogP contribution in [0.15, 0.2) is 54.9 Å². The largest absolute Gasteiger partial charge is 0.495 e. The van der Waals surface area contributed by atoms with Crippen molar-refractivity contribution in [3.63, 3.8) is 0 Å². The van der Waals surface area contributed by atoms with Crippen molar-refractivity contribution in [2.24, 2.45) is 0 Å². The molecule has 0 saturated carbocycles. The number of ether oxygens (including phenoxy) is 1. The Labute approximate surface area is 162 Å². The maximum Gasteiger partial charge on any atom is 0.258 e. The number of nitrogens with one attached hydrogen (secondary N) is 2. The second kappa shape index (κ2) is 8.51. The predicted molar refractivity (Wildman–Crippen MR) is 106 cm³/mol. The van der Waals surface area contributed by atoms with Crippen LogP contribution in [-0.4, -0.2) is 23.0 Å². The molecule has 2 aromatic carbocycles. The molecule has 3 rings (SSSR count). The standard InChI is InChI=1S/C20H19ClN4O2/c1-13-8-17(18(27-2)9-16(13)21)25-19(26)15-11-23-20(24-12-15)22-10-14-6-4-3-5-7-14/h3-9,11-12H,10H2,1-2H3,(H,25,26)(H,22,23,24). The van der Waals surface area contributed by atoms with E-state index in [0.717, 1.165) is 11.1 Å². The van der Waals surface area contributed by atoms with Crippen LogP contribution in [0.5, 0.6) is 5.75 Å². The highest BCUT2D eigenvalue weighted by Crippen LogP contribution is 2.31. The molecular weight excluding hydrogens is 364 g/mol. The molecule has 0 aliphatic carbocycles. The number of methoxy groups -OCH3 is 1. The minimum Gasteiger partial charge on any atom is -0.495 e. The average Bonchev–Trinajstić information content (AvgIpc) is 2.70. The first kappa shape index (κ1) is 18.7. The van der Waals surface area contributed by atoms with Gasteiger partial charge in [-0.3, -0.25) is 4.79 Å². The maximum absolute atomic E-state index is 12.5. The second-order valence-electron chi connectivity index (χ2n) is 5.89. The van der Waals surface area contributed by atoms with E-state index >= 15 is 0 Å². The quantitative estimate of drug-likeness (QED) is 0.664. The van der Waals surface area contributed by atoms with Crippen LogP contribution >= 0.6 is 11.6 Å². The van der Waals surface area contributed by atoms with E-state index in [4.69, 9.17) is 16.3 Å². The smallest absolute Gasteiger partial charge is 0.258 e. The van der Waals surface area contributed by atoms with Crippen molar-refractivity contribution in [1.29, 1.82) is 0 Å². The van der Waals surface area contributed by atoms with E-state index in [1.165, 1.54) is 19.5 Å². The highest BCUT2D eigenvalue weighted by atomic mass is 35.5. The summed E-state index contributed by atoms with van der Waals surface area (Å²) in [6.45, 7) is 2.46. The summed E-state index contributed by atoms with van der Waals surface area (Å²) in [4.78, 5) is 20.9. The molecule has 2 N–H and O–H groups in total. The van der Waals surface area contributed by atoms with Gasteiger partial charge in [-0.15, -0.1) is 0 Å². The van der Waals surface area contributed by atoms with Crippen molar-refractivity contribution in [2.45, 2.75) is 13.5 Å². The summed E-state index contributed by atoms with van der Waals surface area (Å²) >= 11 is 6.09. The van der Waals surface area contributed by atoms with E-state index in [9.17, 15) is 4.79 Å². The highest BCUT2D eigenvalue weighted by molar-refractivity contribution is 6.31. The summed E-state index contributed by atoms with van der Waals surface area (Å²) < 4.78 is 5.27. The number of carbonyl (C=O) groups excluding carboxylic acids is 1. The molecule has 0 saturated heterocycles. The van der Waals surface area contributed by atoms with Gasteiger partial charge in [-0.1, -0.05) is 41.9 Å². The molecule has 27 heavy (non-hydrogen) atoms. The van der Waals surface area contributed by atoms with E-state index in [1.54, 1.807) is 12.1 Å². The lowest BCUT2D eigenvalue weighted by molar-refractivity contribution is 0.102. The van der Waals surface area contributed by atoms with Crippen LogP contribution < -0.4 is 15.4 Å². The Hall–Kier alpha value is -3.12. The number of halogens is 1. The monoisotopic (exact) mass is 382 g/mol. The summed E-state index contributed by atoms with van der Waals surface area (Å²) in [6, 6.07) is 13.3. The van der Waals surface area contributed by atoms with Gasteiger partial charge in [0.2, 0.25) is 5.95 Å². The number of hydrogen-bond donors (Lipinski definition) is 2. The maximum atomic E-state index is 12.5. The van der Waals surface area contributed by atoms with Gasteiger partial charge in [-0.2, -0.15) is 0 Å². The van der Waals surface area contributed by atoms with Gasteiger partial charge in [0, 0.05) is 30.0 Å². The lowest BCUT2D eigenvalue weighted by atomic mass is 10.2. The fourth-order valence-electron chi connectivity index (χ4n) is 2.44. The van der Waals surface area contributed by atoms with Crippen molar-refractivity contribution < 1.29 is 9.53 Å². The highest BCUT2D eigenvalue weighted by Gasteiger charge is 2.13. The minimum atomic E-state index is -0.329. The zero-order valence-electron chi connectivity index (χ0n) is 15.0. The molecule has 0 spiro atoms. The lowest BCUT2D eigenvalue weighted by Gasteiger charge is -2.12. The number of carbonyl (C=O) groups is 1. The zero-order chi connectivity index (χ0) is 19.2. The van der Waals surface area contributed by atoms with Crippen LogP contribution in [0.25, 0.3) is 0 Å². The minimum absolute atomic E-state index is 0.329. The van der Waals surface area contributed by atoms with E-state index in [2.05, 4.69) is 20.6 Å². The lowest BCUT2D eigenvalue weighted by Crippen LogP contribution is -2.14. The van der Waals surface area contributed by atoms with Crippen molar-refractivity contribution >= 4 is 29.1 Å². The van der Waals surface area contributed by atoms with E-state index in [1.807, 2.05) is 37.3 Å².